The van der Waals surface area contributed by atoms with Crippen molar-refractivity contribution >= 4 is 22.8 Å². The highest BCUT2D eigenvalue weighted by atomic mass is 16.5. The average Bonchev–Trinajstić information content (AvgIpc) is 3.11. The molecule has 0 aliphatic rings. The van der Waals surface area contributed by atoms with Crippen LogP contribution in [0.1, 0.15) is 28.5 Å². The molecule has 0 amide bonds. The van der Waals surface area contributed by atoms with E-state index in [9.17, 15) is 9.59 Å². The highest BCUT2D eigenvalue weighted by molar-refractivity contribution is 6.07. The second-order valence-corrected chi connectivity index (χ2v) is 5.95. The molecule has 0 spiro atoms. The molecule has 0 bridgehead atoms. The number of rotatable bonds is 6. The number of carbonyl (C=O) groups is 2. The first-order chi connectivity index (χ1) is 13.1. The molecule has 1 heterocycles. The SMILES string of the molecule is CC[C@H](Oc1ccc(OC)cc1)C(=O)n1cc(C(=O)OC)c2ccccc21. The Bertz CT molecular complexity index is 958. The summed E-state index contributed by atoms with van der Waals surface area (Å²) in [4.78, 5) is 25.2. The summed E-state index contributed by atoms with van der Waals surface area (Å²) >= 11 is 0. The van der Waals surface area contributed by atoms with Crippen LogP contribution in [0.2, 0.25) is 0 Å². The van der Waals surface area contributed by atoms with Gasteiger partial charge in [-0.2, -0.15) is 0 Å². The molecule has 1 aromatic heterocycles. The lowest BCUT2D eigenvalue weighted by Crippen LogP contribution is -2.31. The number of ether oxygens (including phenoxy) is 3. The summed E-state index contributed by atoms with van der Waals surface area (Å²) in [5, 5.41) is 0.664. The third-order valence-corrected chi connectivity index (χ3v) is 4.34. The number of hydrogen-bond donors (Lipinski definition) is 0. The molecule has 0 N–H and O–H groups in total. The van der Waals surface area contributed by atoms with Crippen LogP contribution >= 0.6 is 0 Å². The molecule has 6 nitrogen and oxygen atoms in total. The number of carbonyl (C=O) groups excluding carboxylic acids is 2. The van der Waals surface area contributed by atoms with Crippen molar-refractivity contribution in [2.75, 3.05) is 14.2 Å². The summed E-state index contributed by atoms with van der Waals surface area (Å²) in [6.07, 6.45) is 1.30. The lowest BCUT2D eigenvalue weighted by Gasteiger charge is -2.17. The first-order valence-corrected chi connectivity index (χ1v) is 8.62. The molecule has 3 aromatic rings. The van der Waals surface area contributed by atoms with Crippen LogP contribution in [0, 0.1) is 0 Å². The van der Waals surface area contributed by atoms with Crippen molar-refractivity contribution in [3.8, 4) is 11.5 Å². The number of hydrogen-bond acceptors (Lipinski definition) is 5. The fourth-order valence-electron chi connectivity index (χ4n) is 2.92. The summed E-state index contributed by atoms with van der Waals surface area (Å²) in [5.41, 5.74) is 0.987. The van der Waals surface area contributed by atoms with E-state index in [1.54, 1.807) is 43.5 Å². The van der Waals surface area contributed by atoms with Crippen LogP contribution < -0.4 is 9.47 Å². The third-order valence-electron chi connectivity index (χ3n) is 4.34. The summed E-state index contributed by atoms with van der Waals surface area (Å²) in [6, 6.07) is 14.3. The molecular weight excluding hydrogens is 346 g/mol. The number of benzene rings is 2. The second-order valence-electron chi connectivity index (χ2n) is 5.95. The van der Waals surface area contributed by atoms with E-state index >= 15 is 0 Å². The molecule has 0 fully saturated rings. The number of methoxy groups -OCH3 is 2. The van der Waals surface area contributed by atoms with E-state index in [2.05, 4.69) is 0 Å². The molecule has 0 aliphatic heterocycles. The van der Waals surface area contributed by atoms with Gasteiger partial charge in [0.25, 0.3) is 5.91 Å². The summed E-state index contributed by atoms with van der Waals surface area (Å²) in [7, 11) is 2.90. The molecule has 0 saturated heterocycles. The smallest absolute Gasteiger partial charge is 0.340 e. The van der Waals surface area contributed by atoms with Crippen molar-refractivity contribution in [3.63, 3.8) is 0 Å². The molecule has 6 heteroatoms. The summed E-state index contributed by atoms with van der Waals surface area (Å²) < 4.78 is 17.3. The normalized spacial score (nSPS) is 11.8. The van der Waals surface area contributed by atoms with Gasteiger partial charge in [0, 0.05) is 11.6 Å². The van der Waals surface area contributed by atoms with E-state index in [4.69, 9.17) is 14.2 Å². The van der Waals surface area contributed by atoms with Gasteiger partial charge in [-0.05, 0) is 36.8 Å². The van der Waals surface area contributed by atoms with Gasteiger partial charge in [-0.3, -0.25) is 9.36 Å². The van der Waals surface area contributed by atoms with Gasteiger partial charge in [0.1, 0.15) is 11.5 Å². The lowest BCUT2D eigenvalue weighted by atomic mass is 10.2. The summed E-state index contributed by atoms with van der Waals surface area (Å²) in [5.74, 6) is 0.544. The maximum absolute atomic E-state index is 13.1. The monoisotopic (exact) mass is 367 g/mol. The number of aromatic nitrogens is 1. The zero-order valence-electron chi connectivity index (χ0n) is 15.5. The van der Waals surface area contributed by atoms with Crippen LogP contribution in [0.25, 0.3) is 10.9 Å². The van der Waals surface area contributed by atoms with Crippen molar-refractivity contribution in [3.05, 3.63) is 60.3 Å². The highest BCUT2D eigenvalue weighted by Gasteiger charge is 2.25. The second kappa shape index (κ2) is 7.95. The van der Waals surface area contributed by atoms with Crippen LogP contribution in [-0.2, 0) is 4.74 Å². The predicted molar refractivity (Wildman–Crippen MR) is 102 cm³/mol. The molecule has 27 heavy (non-hydrogen) atoms. The van der Waals surface area contributed by atoms with Crippen LogP contribution in [-0.4, -0.2) is 36.8 Å². The van der Waals surface area contributed by atoms with Crippen LogP contribution in [0.5, 0.6) is 11.5 Å². The zero-order chi connectivity index (χ0) is 19.4. The minimum Gasteiger partial charge on any atom is -0.497 e. The Kier molecular flexibility index (Phi) is 5.45. The largest absolute Gasteiger partial charge is 0.497 e. The van der Waals surface area contributed by atoms with E-state index in [1.165, 1.54) is 17.9 Å². The highest BCUT2D eigenvalue weighted by Crippen LogP contribution is 2.24. The van der Waals surface area contributed by atoms with Gasteiger partial charge in [-0.1, -0.05) is 25.1 Å². The van der Waals surface area contributed by atoms with Crippen molar-refractivity contribution < 1.29 is 23.8 Å². The minimum atomic E-state index is -0.695. The Morgan fingerprint density at radius 3 is 2.30 bits per heavy atom. The fourth-order valence-corrected chi connectivity index (χ4v) is 2.92. The van der Waals surface area contributed by atoms with Gasteiger partial charge < -0.3 is 14.2 Å². The van der Waals surface area contributed by atoms with E-state index in [0.717, 1.165) is 0 Å². The van der Waals surface area contributed by atoms with Gasteiger partial charge in [0.15, 0.2) is 6.10 Å². The molecular formula is C21H21NO5. The molecule has 0 unspecified atom stereocenters. The van der Waals surface area contributed by atoms with E-state index in [0.29, 0.717) is 34.4 Å². The number of para-hydroxylation sites is 1. The van der Waals surface area contributed by atoms with Crippen LogP contribution in [0.3, 0.4) is 0 Å². The minimum absolute atomic E-state index is 0.250. The quantitative estimate of drug-likeness (QED) is 0.618. The Balaban J connectivity index is 1.94. The maximum atomic E-state index is 13.1. The Morgan fingerprint density at radius 1 is 1.00 bits per heavy atom. The predicted octanol–water partition coefficient (Wildman–Crippen LogP) is 3.93. The Labute approximate surface area is 157 Å². The van der Waals surface area contributed by atoms with Gasteiger partial charge in [0.05, 0.1) is 25.3 Å². The molecule has 0 aliphatic carbocycles. The number of esters is 1. The Morgan fingerprint density at radius 2 is 1.67 bits per heavy atom. The maximum Gasteiger partial charge on any atom is 0.340 e. The first-order valence-electron chi connectivity index (χ1n) is 8.62. The van der Waals surface area contributed by atoms with Gasteiger partial charge in [-0.15, -0.1) is 0 Å². The Hall–Kier alpha value is -3.28. The molecule has 1 atom stereocenters. The van der Waals surface area contributed by atoms with E-state index in [1.807, 2.05) is 19.1 Å². The summed E-state index contributed by atoms with van der Waals surface area (Å²) in [6.45, 7) is 1.87. The van der Waals surface area contributed by atoms with Crippen molar-refractivity contribution in [1.29, 1.82) is 0 Å². The third kappa shape index (κ3) is 3.65. The van der Waals surface area contributed by atoms with Gasteiger partial charge in [-0.25, -0.2) is 4.79 Å². The molecule has 2 aromatic carbocycles. The molecule has 0 saturated carbocycles. The van der Waals surface area contributed by atoms with Gasteiger partial charge in [0.2, 0.25) is 0 Å². The standard InChI is InChI=1S/C21H21NO5/c1-4-19(27-15-11-9-14(25-2)10-12-15)20(23)22-13-17(21(24)26-3)16-7-5-6-8-18(16)22/h5-13,19H,4H2,1-3H3/t19-/m0/s1. The van der Waals surface area contributed by atoms with Crippen LogP contribution in [0.4, 0.5) is 0 Å². The molecule has 0 radical (unpaired) electrons. The molecule has 140 valence electrons. The van der Waals surface area contributed by atoms with Crippen molar-refractivity contribution in [2.24, 2.45) is 0 Å². The first kappa shape index (κ1) is 18.5. The lowest BCUT2D eigenvalue weighted by molar-refractivity contribution is 0.0602. The van der Waals surface area contributed by atoms with Gasteiger partial charge >= 0.3 is 5.97 Å². The van der Waals surface area contributed by atoms with Crippen LogP contribution in [0.15, 0.2) is 54.7 Å². The topological polar surface area (TPSA) is 66.8 Å². The number of fused-ring (bicyclic) bond motifs is 1. The van der Waals surface area contributed by atoms with E-state index in [-0.39, 0.29) is 5.91 Å². The average molecular weight is 367 g/mol. The van der Waals surface area contributed by atoms with Crippen molar-refractivity contribution in [1.82, 2.24) is 4.57 Å². The van der Waals surface area contributed by atoms with Crippen molar-refractivity contribution in [2.45, 2.75) is 19.4 Å². The fraction of sp³-hybridized carbons (Fsp3) is 0.238. The zero-order valence-corrected chi connectivity index (χ0v) is 15.5. The number of nitrogens with zero attached hydrogens (tertiary/aromatic N) is 1. The van der Waals surface area contributed by atoms with E-state index < -0.39 is 12.1 Å². The molecule has 3 rings (SSSR count).